The van der Waals surface area contributed by atoms with Gasteiger partial charge in [0.1, 0.15) is 0 Å². The molecule has 2 N–H and O–H groups in total. The van der Waals surface area contributed by atoms with E-state index in [-0.39, 0.29) is 0 Å². The van der Waals surface area contributed by atoms with E-state index in [9.17, 15) is 0 Å². The number of hydrogen-bond acceptors (Lipinski definition) is 4. The van der Waals surface area contributed by atoms with Gasteiger partial charge in [0.25, 0.3) is 0 Å². The SMILES string of the molecule is CCC1CN2CCc3cc(OC)c(OC)cc3C2CC1CC1NCCc2c1[nH]c1ccccc21. The van der Waals surface area contributed by atoms with Crippen molar-refractivity contribution in [2.24, 2.45) is 11.8 Å². The van der Waals surface area contributed by atoms with Gasteiger partial charge in [-0.25, -0.2) is 0 Å². The number of fused-ring (bicyclic) bond motifs is 6. The van der Waals surface area contributed by atoms with E-state index in [0.29, 0.717) is 18.0 Å². The Bertz CT molecular complexity index is 1190. The maximum absolute atomic E-state index is 5.68. The average molecular weight is 460 g/mol. The normalized spacial score (nSPS) is 26.6. The molecule has 4 unspecified atom stereocenters. The third-order valence-electron chi connectivity index (χ3n) is 8.80. The summed E-state index contributed by atoms with van der Waals surface area (Å²) in [5.41, 5.74) is 7.13. The van der Waals surface area contributed by atoms with Crippen LogP contribution in [0.15, 0.2) is 36.4 Å². The van der Waals surface area contributed by atoms with Crippen molar-refractivity contribution in [1.82, 2.24) is 15.2 Å². The quantitative estimate of drug-likeness (QED) is 0.536. The van der Waals surface area contributed by atoms with Crippen LogP contribution >= 0.6 is 0 Å². The van der Waals surface area contributed by atoms with Crippen molar-refractivity contribution in [2.75, 3.05) is 33.9 Å². The second-order valence-electron chi connectivity index (χ2n) is 10.4. The molecule has 6 rings (SSSR count). The zero-order chi connectivity index (χ0) is 23.2. The van der Waals surface area contributed by atoms with Crippen molar-refractivity contribution in [2.45, 2.75) is 51.1 Å². The smallest absolute Gasteiger partial charge is 0.161 e. The highest BCUT2D eigenvalue weighted by Crippen LogP contribution is 2.47. The van der Waals surface area contributed by atoms with Crippen LogP contribution in [0.3, 0.4) is 0 Å². The number of para-hydroxylation sites is 1. The van der Waals surface area contributed by atoms with Gasteiger partial charge in [-0.2, -0.15) is 0 Å². The molecule has 0 radical (unpaired) electrons. The highest BCUT2D eigenvalue weighted by atomic mass is 16.5. The molecule has 4 atom stereocenters. The molecule has 3 aliphatic heterocycles. The summed E-state index contributed by atoms with van der Waals surface area (Å²) in [6.45, 7) is 5.79. The van der Waals surface area contributed by atoms with Crippen LogP contribution in [0.1, 0.15) is 60.7 Å². The number of ether oxygens (including phenoxy) is 2. The summed E-state index contributed by atoms with van der Waals surface area (Å²) in [6, 6.07) is 14.2. The summed E-state index contributed by atoms with van der Waals surface area (Å²) < 4.78 is 11.3. The lowest BCUT2D eigenvalue weighted by Gasteiger charge is -2.48. The molecule has 0 bridgehead atoms. The molecule has 1 aromatic heterocycles. The monoisotopic (exact) mass is 459 g/mol. The van der Waals surface area contributed by atoms with Crippen molar-refractivity contribution in [3.05, 3.63) is 58.8 Å². The van der Waals surface area contributed by atoms with Crippen LogP contribution in [0.5, 0.6) is 11.5 Å². The predicted molar refractivity (Wildman–Crippen MR) is 137 cm³/mol. The van der Waals surface area contributed by atoms with Gasteiger partial charge in [-0.05, 0) is 79.0 Å². The number of nitrogens with one attached hydrogen (secondary N) is 2. The largest absolute Gasteiger partial charge is 0.493 e. The fraction of sp³-hybridized carbons (Fsp3) is 0.517. The minimum absolute atomic E-state index is 0.412. The number of benzene rings is 2. The summed E-state index contributed by atoms with van der Waals surface area (Å²) in [5.74, 6) is 3.15. The first-order valence-electron chi connectivity index (χ1n) is 13.0. The Balaban J connectivity index is 1.30. The molecule has 1 saturated heterocycles. The lowest BCUT2D eigenvalue weighted by molar-refractivity contribution is 0.0433. The fourth-order valence-electron chi connectivity index (χ4n) is 7.02. The predicted octanol–water partition coefficient (Wildman–Crippen LogP) is 5.41. The van der Waals surface area contributed by atoms with Crippen molar-refractivity contribution >= 4 is 10.9 Å². The summed E-state index contributed by atoms with van der Waals surface area (Å²) in [5, 5.41) is 5.28. The van der Waals surface area contributed by atoms with Gasteiger partial charge in [0, 0.05) is 41.8 Å². The lowest BCUT2D eigenvalue weighted by atomic mass is 9.73. The van der Waals surface area contributed by atoms with Crippen molar-refractivity contribution in [3.8, 4) is 11.5 Å². The maximum Gasteiger partial charge on any atom is 0.161 e. The van der Waals surface area contributed by atoms with Gasteiger partial charge in [0.15, 0.2) is 11.5 Å². The van der Waals surface area contributed by atoms with E-state index in [2.05, 4.69) is 58.5 Å². The summed E-state index contributed by atoms with van der Waals surface area (Å²) in [4.78, 5) is 6.52. The minimum atomic E-state index is 0.412. The number of piperidine rings is 1. The zero-order valence-electron chi connectivity index (χ0n) is 20.7. The number of nitrogens with zero attached hydrogens (tertiary/aromatic N) is 1. The minimum Gasteiger partial charge on any atom is -0.493 e. The first-order chi connectivity index (χ1) is 16.7. The Labute approximate surface area is 202 Å². The van der Waals surface area contributed by atoms with E-state index in [1.54, 1.807) is 14.2 Å². The third kappa shape index (κ3) is 3.61. The van der Waals surface area contributed by atoms with E-state index in [1.165, 1.54) is 59.1 Å². The highest BCUT2D eigenvalue weighted by molar-refractivity contribution is 5.85. The molecule has 0 aliphatic carbocycles. The van der Waals surface area contributed by atoms with Gasteiger partial charge >= 0.3 is 0 Å². The van der Waals surface area contributed by atoms with Gasteiger partial charge in [0.05, 0.1) is 14.2 Å². The molecule has 0 spiro atoms. The fourth-order valence-corrected chi connectivity index (χ4v) is 7.02. The summed E-state index contributed by atoms with van der Waals surface area (Å²) in [7, 11) is 3.48. The molecule has 34 heavy (non-hydrogen) atoms. The Morgan fingerprint density at radius 1 is 1.03 bits per heavy atom. The van der Waals surface area contributed by atoms with Crippen LogP contribution in [0.2, 0.25) is 0 Å². The van der Waals surface area contributed by atoms with Crippen molar-refractivity contribution in [3.63, 3.8) is 0 Å². The number of methoxy groups -OCH3 is 2. The molecule has 4 heterocycles. The second-order valence-corrected chi connectivity index (χ2v) is 10.4. The van der Waals surface area contributed by atoms with Crippen LogP contribution in [-0.2, 0) is 12.8 Å². The van der Waals surface area contributed by atoms with Gasteiger partial charge < -0.3 is 19.8 Å². The molecule has 0 amide bonds. The number of rotatable bonds is 5. The number of aromatic nitrogens is 1. The summed E-state index contributed by atoms with van der Waals surface area (Å²) >= 11 is 0. The first kappa shape index (κ1) is 22.0. The molecule has 5 heteroatoms. The van der Waals surface area contributed by atoms with Crippen LogP contribution in [0.25, 0.3) is 10.9 Å². The van der Waals surface area contributed by atoms with Gasteiger partial charge in [-0.1, -0.05) is 31.5 Å². The zero-order valence-corrected chi connectivity index (χ0v) is 20.7. The number of H-pyrrole nitrogens is 1. The second kappa shape index (κ2) is 8.94. The number of hydrogen-bond donors (Lipinski definition) is 2. The van der Waals surface area contributed by atoms with Crippen LogP contribution in [0, 0.1) is 11.8 Å². The standard InChI is InChI=1S/C29H37N3O2/c1-4-18-17-32-12-10-19-15-27(33-2)28(34-3)16-23(19)26(32)14-20(18)13-25-29-22(9-11-30-25)21-7-5-6-8-24(21)31-29/h5-8,15-16,18,20,25-26,30-31H,4,9-14,17H2,1-3H3. The molecule has 2 aromatic carbocycles. The van der Waals surface area contributed by atoms with E-state index >= 15 is 0 Å². The molecular formula is C29H37N3O2. The molecule has 3 aromatic rings. The van der Waals surface area contributed by atoms with E-state index in [4.69, 9.17) is 9.47 Å². The van der Waals surface area contributed by atoms with Gasteiger partial charge in [-0.3, -0.25) is 4.90 Å². The molecule has 180 valence electrons. The lowest BCUT2D eigenvalue weighted by Crippen LogP contribution is -2.46. The van der Waals surface area contributed by atoms with E-state index in [0.717, 1.165) is 43.3 Å². The molecule has 3 aliphatic rings. The van der Waals surface area contributed by atoms with Gasteiger partial charge in [-0.15, -0.1) is 0 Å². The Morgan fingerprint density at radius 3 is 2.68 bits per heavy atom. The maximum atomic E-state index is 5.68. The highest BCUT2D eigenvalue weighted by Gasteiger charge is 2.40. The van der Waals surface area contributed by atoms with Crippen LogP contribution < -0.4 is 14.8 Å². The molecule has 5 nitrogen and oxygen atoms in total. The molecule has 1 fully saturated rings. The third-order valence-corrected chi connectivity index (χ3v) is 8.80. The molecule has 0 saturated carbocycles. The number of aromatic amines is 1. The Kier molecular flexibility index (Phi) is 5.78. The van der Waals surface area contributed by atoms with Gasteiger partial charge in [0.2, 0.25) is 0 Å². The first-order valence-corrected chi connectivity index (χ1v) is 13.0. The topological polar surface area (TPSA) is 49.5 Å². The van der Waals surface area contributed by atoms with E-state index < -0.39 is 0 Å². The van der Waals surface area contributed by atoms with Crippen molar-refractivity contribution < 1.29 is 9.47 Å². The Morgan fingerprint density at radius 2 is 1.85 bits per heavy atom. The summed E-state index contributed by atoms with van der Waals surface area (Å²) in [6.07, 6.45) is 5.87. The molecular weight excluding hydrogens is 422 g/mol. The average Bonchev–Trinajstić information content (AvgIpc) is 3.27. The van der Waals surface area contributed by atoms with Crippen LogP contribution in [-0.4, -0.2) is 43.7 Å². The van der Waals surface area contributed by atoms with Crippen LogP contribution in [0.4, 0.5) is 0 Å². The van der Waals surface area contributed by atoms with E-state index in [1.807, 2.05) is 0 Å². The van der Waals surface area contributed by atoms with Crippen molar-refractivity contribution in [1.29, 1.82) is 0 Å². The Hall–Kier alpha value is -2.50.